The zero-order chi connectivity index (χ0) is 23.9. The molecular weight excluding hydrogens is 438 g/mol. The number of fused-ring (bicyclic) bond motifs is 1. The van der Waals surface area contributed by atoms with E-state index < -0.39 is 12.1 Å². The molecule has 1 aliphatic heterocycles. The van der Waals surface area contributed by atoms with Gasteiger partial charge in [-0.25, -0.2) is 9.89 Å². The molecule has 0 aliphatic carbocycles. The number of nitrogens with zero attached hydrogens (tertiary/aromatic N) is 3. The van der Waals surface area contributed by atoms with Gasteiger partial charge < -0.3 is 19.9 Å². The Balaban J connectivity index is 1.46. The van der Waals surface area contributed by atoms with E-state index in [1.807, 2.05) is 12.1 Å². The van der Waals surface area contributed by atoms with Crippen LogP contribution < -0.4 is 14.8 Å². The third-order valence-electron chi connectivity index (χ3n) is 5.38. The molecule has 0 bridgehead atoms. The number of hydrogen-bond donors (Lipinski definition) is 3. The summed E-state index contributed by atoms with van der Waals surface area (Å²) < 4.78 is 11.6. The number of tetrazole rings is 1. The molecule has 176 valence electrons. The number of H-pyrrole nitrogens is 1. The molecular formula is C24H25N5O5. The maximum absolute atomic E-state index is 12.5. The normalized spacial score (nSPS) is 14.8. The average molecular weight is 463 g/mol. The van der Waals surface area contributed by atoms with Gasteiger partial charge in [0.1, 0.15) is 12.2 Å². The van der Waals surface area contributed by atoms with Crippen LogP contribution in [0.4, 0.5) is 5.69 Å². The van der Waals surface area contributed by atoms with Gasteiger partial charge in [-0.2, -0.15) is 0 Å². The number of unbranched alkanes of at least 4 members (excludes halogenated alkanes) is 2. The Morgan fingerprint density at radius 1 is 1.18 bits per heavy atom. The van der Waals surface area contributed by atoms with Crippen LogP contribution in [0, 0.1) is 0 Å². The summed E-state index contributed by atoms with van der Waals surface area (Å²) in [7, 11) is 0. The number of aromatic nitrogens is 4. The largest absolute Gasteiger partial charge is 0.483 e. The van der Waals surface area contributed by atoms with Crippen molar-refractivity contribution in [2.75, 3.05) is 11.9 Å². The SMILES string of the molecule is CCCCCc1ccc(C=CC(=O)Nc2ccc(C(=O)O)c3c2OCC(c2nnn[nH]2)O3)cc1. The number of amides is 1. The van der Waals surface area contributed by atoms with E-state index >= 15 is 0 Å². The van der Waals surface area contributed by atoms with Crippen LogP contribution in [0.25, 0.3) is 6.08 Å². The zero-order valence-electron chi connectivity index (χ0n) is 18.7. The molecule has 10 heteroatoms. The van der Waals surface area contributed by atoms with Gasteiger partial charge in [-0.05, 0) is 52.6 Å². The summed E-state index contributed by atoms with van der Waals surface area (Å²) in [5, 5.41) is 25.6. The van der Waals surface area contributed by atoms with E-state index in [1.165, 1.54) is 43.0 Å². The van der Waals surface area contributed by atoms with Crippen molar-refractivity contribution in [2.45, 2.75) is 38.7 Å². The average Bonchev–Trinajstić information content (AvgIpc) is 3.38. The Hall–Kier alpha value is -4.21. The first-order valence-electron chi connectivity index (χ1n) is 11.1. The molecule has 10 nitrogen and oxygen atoms in total. The molecule has 0 fully saturated rings. The van der Waals surface area contributed by atoms with Gasteiger partial charge in [-0.15, -0.1) is 5.10 Å². The van der Waals surface area contributed by atoms with Gasteiger partial charge >= 0.3 is 5.97 Å². The summed E-state index contributed by atoms with van der Waals surface area (Å²) in [5.41, 5.74) is 2.38. The lowest BCUT2D eigenvalue weighted by Gasteiger charge is -2.27. The number of nitrogens with one attached hydrogen (secondary N) is 2. The van der Waals surface area contributed by atoms with Crippen LogP contribution in [0.15, 0.2) is 42.5 Å². The van der Waals surface area contributed by atoms with Crippen LogP contribution in [-0.4, -0.2) is 44.2 Å². The highest BCUT2D eigenvalue weighted by atomic mass is 16.6. The van der Waals surface area contributed by atoms with Crippen molar-refractivity contribution in [3.8, 4) is 11.5 Å². The number of hydrogen-bond acceptors (Lipinski definition) is 7. The maximum Gasteiger partial charge on any atom is 0.339 e. The Morgan fingerprint density at radius 3 is 2.71 bits per heavy atom. The van der Waals surface area contributed by atoms with Gasteiger partial charge in [0.25, 0.3) is 0 Å². The van der Waals surface area contributed by atoms with E-state index in [1.54, 1.807) is 6.08 Å². The molecule has 1 amide bonds. The van der Waals surface area contributed by atoms with Gasteiger partial charge in [0.05, 0.1) is 5.69 Å². The molecule has 2 aromatic carbocycles. The first kappa shape index (κ1) is 23.0. The highest BCUT2D eigenvalue weighted by molar-refractivity contribution is 6.04. The van der Waals surface area contributed by atoms with Crippen molar-refractivity contribution in [2.24, 2.45) is 0 Å². The monoisotopic (exact) mass is 463 g/mol. The quantitative estimate of drug-likeness (QED) is 0.322. The molecule has 0 saturated heterocycles. The Morgan fingerprint density at radius 2 is 2.00 bits per heavy atom. The molecule has 1 aliphatic rings. The minimum atomic E-state index is -1.19. The predicted molar refractivity (Wildman–Crippen MR) is 124 cm³/mol. The highest BCUT2D eigenvalue weighted by Gasteiger charge is 2.31. The second-order valence-electron chi connectivity index (χ2n) is 7.85. The molecule has 3 N–H and O–H groups in total. The number of benzene rings is 2. The molecule has 0 spiro atoms. The third kappa shape index (κ3) is 5.40. The second kappa shape index (κ2) is 10.6. The maximum atomic E-state index is 12.5. The number of carboxylic acids is 1. The fourth-order valence-electron chi connectivity index (χ4n) is 3.58. The van der Waals surface area contributed by atoms with Crippen LogP contribution in [-0.2, 0) is 11.2 Å². The molecule has 2 heterocycles. The lowest BCUT2D eigenvalue weighted by molar-refractivity contribution is -0.111. The van der Waals surface area contributed by atoms with Crippen molar-refractivity contribution in [1.82, 2.24) is 20.6 Å². The molecule has 0 radical (unpaired) electrons. The lowest BCUT2D eigenvalue weighted by Crippen LogP contribution is -2.25. The number of rotatable bonds is 9. The number of aromatic carboxylic acids is 1. The van der Waals surface area contributed by atoms with E-state index in [-0.39, 0.29) is 29.6 Å². The first-order valence-corrected chi connectivity index (χ1v) is 11.1. The van der Waals surface area contributed by atoms with Gasteiger partial charge in [0.15, 0.2) is 23.4 Å². The van der Waals surface area contributed by atoms with Gasteiger partial charge in [0.2, 0.25) is 5.91 Å². The van der Waals surface area contributed by atoms with Crippen molar-refractivity contribution in [3.63, 3.8) is 0 Å². The molecule has 1 unspecified atom stereocenters. The van der Waals surface area contributed by atoms with Crippen LogP contribution in [0.3, 0.4) is 0 Å². The van der Waals surface area contributed by atoms with Crippen molar-refractivity contribution < 1.29 is 24.2 Å². The molecule has 34 heavy (non-hydrogen) atoms. The highest BCUT2D eigenvalue weighted by Crippen LogP contribution is 2.44. The van der Waals surface area contributed by atoms with Crippen molar-refractivity contribution in [3.05, 3.63) is 65.0 Å². The predicted octanol–water partition coefficient (Wildman–Crippen LogP) is 3.80. The molecule has 4 rings (SSSR count). The van der Waals surface area contributed by atoms with Gasteiger partial charge in [-0.1, -0.05) is 44.0 Å². The molecule has 1 aromatic heterocycles. The zero-order valence-corrected chi connectivity index (χ0v) is 18.7. The van der Waals surface area contributed by atoms with E-state index in [0.29, 0.717) is 11.5 Å². The fourth-order valence-corrected chi connectivity index (χ4v) is 3.58. The first-order chi connectivity index (χ1) is 16.5. The summed E-state index contributed by atoms with van der Waals surface area (Å²) in [6.45, 7) is 2.22. The van der Waals surface area contributed by atoms with Crippen molar-refractivity contribution in [1.29, 1.82) is 0 Å². The van der Waals surface area contributed by atoms with Crippen LogP contribution in [0.2, 0.25) is 0 Å². The molecule has 0 saturated carbocycles. The van der Waals surface area contributed by atoms with E-state index in [4.69, 9.17) is 9.47 Å². The van der Waals surface area contributed by atoms with E-state index in [2.05, 4.69) is 45.0 Å². The number of carbonyl (C=O) groups excluding carboxylic acids is 1. The standard InChI is InChI=1S/C24H25N5O5/c1-2-3-4-5-15-6-8-16(9-7-15)10-13-20(30)25-18-12-11-17(24(31)32)21-22(18)33-14-19(34-21)23-26-28-29-27-23/h6-13,19H,2-5,14H2,1H3,(H,25,30)(H,31,32)(H,26,27,28,29). The second-order valence-corrected chi connectivity index (χ2v) is 7.85. The Bertz CT molecular complexity index is 1180. The van der Waals surface area contributed by atoms with Gasteiger partial charge in [-0.3, -0.25) is 4.79 Å². The van der Waals surface area contributed by atoms with Gasteiger partial charge in [0, 0.05) is 6.08 Å². The van der Waals surface area contributed by atoms with Crippen LogP contribution >= 0.6 is 0 Å². The fraction of sp³-hybridized carbons (Fsp3) is 0.292. The summed E-state index contributed by atoms with van der Waals surface area (Å²) >= 11 is 0. The summed E-state index contributed by atoms with van der Waals surface area (Å²) in [6.07, 6.45) is 7.04. The Kier molecular flexibility index (Phi) is 7.16. The number of anilines is 1. The van der Waals surface area contributed by atoms with E-state index in [0.717, 1.165) is 12.0 Å². The topological polar surface area (TPSA) is 139 Å². The molecule has 1 atom stereocenters. The molecule has 3 aromatic rings. The third-order valence-corrected chi connectivity index (χ3v) is 5.38. The number of aromatic amines is 1. The number of carbonyl (C=O) groups is 2. The summed E-state index contributed by atoms with van der Waals surface area (Å²) in [6, 6.07) is 10.9. The number of aryl methyl sites for hydroxylation is 1. The smallest absolute Gasteiger partial charge is 0.339 e. The Labute approximate surface area is 196 Å². The van der Waals surface area contributed by atoms with Crippen LogP contribution in [0.1, 0.15) is 59.6 Å². The van der Waals surface area contributed by atoms with Crippen molar-refractivity contribution >= 4 is 23.6 Å². The minimum Gasteiger partial charge on any atom is -0.483 e. The minimum absolute atomic E-state index is 0.000548. The summed E-state index contributed by atoms with van der Waals surface area (Å²) in [4.78, 5) is 24.2. The summed E-state index contributed by atoms with van der Waals surface area (Å²) in [5.74, 6) is -1.13. The van der Waals surface area contributed by atoms with Crippen LogP contribution in [0.5, 0.6) is 11.5 Å². The number of carboxylic acid groups (broad SMARTS) is 1. The van der Waals surface area contributed by atoms with E-state index in [9.17, 15) is 14.7 Å². The lowest BCUT2D eigenvalue weighted by atomic mass is 10.1. The number of ether oxygens (including phenoxy) is 2.